The van der Waals surface area contributed by atoms with E-state index in [-0.39, 0.29) is 13.1 Å². The van der Waals surface area contributed by atoms with Crippen molar-refractivity contribution in [1.29, 1.82) is 0 Å². The summed E-state index contributed by atoms with van der Waals surface area (Å²) in [5.41, 5.74) is -0.543. The molecule has 0 atom stereocenters. The molecule has 2 aromatic carbocycles. The first-order valence-electron chi connectivity index (χ1n) is 9.74. The third kappa shape index (κ3) is 4.51. The van der Waals surface area contributed by atoms with Gasteiger partial charge in [-0.05, 0) is 41.5 Å². The summed E-state index contributed by atoms with van der Waals surface area (Å²) in [6.07, 6.45) is 3.19. The zero-order valence-electron chi connectivity index (χ0n) is 16.8. The van der Waals surface area contributed by atoms with Crippen molar-refractivity contribution >= 4 is 5.91 Å². The SMILES string of the molecule is O=C(NCc1cccnc1)c1nn(-c2ccccc2)c(=O)n(Cc2cccc(F)c2)c1=O. The van der Waals surface area contributed by atoms with Crippen molar-refractivity contribution in [3.8, 4) is 5.69 Å². The molecule has 4 aromatic rings. The van der Waals surface area contributed by atoms with Crippen LogP contribution in [0.25, 0.3) is 5.69 Å². The van der Waals surface area contributed by atoms with Gasteiger partial charge in [0, 0.05) is 18.9 Å². The molecule has 0 aliphatic carbocycles. The Morgan fingerprint density at radius 2 is 1.75 bits per heavy atom. The number of para-hydroxylation sites is 1. The Balaban J connectivity index is 1.77. The fourth-order valence-electron chi connectivity index (χ4n) is 3.12. The number of nitrogens with zero attached hydrogens (tertiary/aromatic N) is 4. The van der Waals surface area contributed by atoms with Crippen LogP contribution >= 0.6 is 0 Å². The second-order valence-electron chi connectivity index (χ2n) is 6.94. The van der Waals surface area contributed by atoms with Gasteiger partial charge in [0.15, 0.2) is 0 Å². The highest BCUT2D eigenvalue weighted by molar-refractivity contribution is 5.91. The zero-order valence-corrected chi connectivity index (χ0v) is 16.8. The van der Waals surface area contributed by atoms with Crippen molar-refractivity contribution in [2.75, 3.05) is 0 Å². The summed E-state index contributed by atoms with van der Waals surface area (Å²) in [5, 5.41) is 6.67. The fourth-order valence-corrected chi connectivity index (χ4v) is 3.12. The van der Waals surface area contributed by atoms with Gasteiger partial charge in [-0.25, -0.2) is 9.18 Å². The second-order valence-corrected chi connectivity index (χ2v) is 6.94. The molecular weight excluding hydrogens is 413 g/mol. The molecule has 0 aliphatic rings. The Morgan fingerprint density at radius 3 is 2.47 bits per heavy atom. The Morgan fingerprint density at radius 1 is 0.969 bits per heavy atom. The molecule has 2 heterocycles. The Labute approximate surface area is 181 Å². The van der Waals surface area contributed by atoms with Crippen molar-refractivity contribution in [2.24, 2.45) is 0 Å². The summed E-state index contributed by atoms with van der Waals surface area (Å²) in [6.45, 7) is -0.0875. The average Bonchev–Trinajstić information content (AvgIpc) is 2.81. The van der Waals surface area contributed by atoms with E-state index in [0.717, 1.165) is 14.8 Å². The van der Waals surface area contributed by atoms with Crippen molar-refractivity contribution in [3.05, 3.63) is 123 Å². The molecule has 0 saturated carbocycles. The standard InChI is InChI=1S/C23H18FN5O3/c24-18-8-4-6-16(12-18)15-28-22(31)20(21(30)26-14-17-7-5-11-25-13-17)27-29(23(28)32)19-9-2-1-3-10-19/h1-13H,14-15H2,(H,26,30). The maximum absolute atomic E-state index is 13.6. The predicted molar refractivity (Wildman–Crippen MR) is 115 cm³/mol. The van der Waals surface area contributed by atoms with E-state index < -0.39 is 28.7 Å². The molecule has 1 amide bonds. The van der Waals surface area contributed by atoms with E-state index in [4.69, 9.17) is 0 Å². The average molecular weight is 431 g/mol. The van der Waals surface area contributed by atoms with Crippen LogP contribution in [0.1, 0.15) is 21.6 Å². The molecule has 0 aliphatic heterocycles. The number of rotatable bonds is 6. The van der Waals surface area contributed by atoms with Gasteiger partial charge in [0.1, 0.15) is 5.82 Å². The summed E-state index contributed by atoms with van der Waals surface area (Å²) >= 11 is 0. The molecule has 0 saturated heterocycles. The van der Waals surface area contributed by atoms with E-state index >= 15 is 0 Å². The Kier molecular flexibility index (Phi) is 5.98. The van der Waals surface area contributed by atoms with Gasteiger partial charge in [0.05, 0.1) is 12.2 Å². The number of halogens is 1. The van der Waals surface area contributed by atoms with Crippen molar-refractivity contribution in [1.82, 2.24) is 24.6 Å². The lowest BCUT2D eigenvalue weighted by atomic mass is 10.2. The van der Waals surface area contributed by atoms with Gasteiger partial charge in [-0.2, -0.15) is 9.78 Å². The van der Waals surface area contributed by atoms with E-state index in [1.54, 1.807) is 60.9 Å². The number of hydrogen-bond acceptors (Lipinski definition) is 5. The molecule has 1 N–H and O–H groups in total. The van der Waals surface area contributed by atoms with Gasteiger partial charge < -0.3 is 5.32 Å². The highest BCUT2D eigenvalue weighted by Crippen LogP contribution is 2.06. The fraction of sp³-hybridized carbons (Fsp3) is 0.0870. The van der Waals surface area contributed by atoms with Crippen LogP contribution in [0.4, 0.5) is 4.39 Å². The lowest BCUT2D eigenvalue weighted by Gasteiger charge is -2.12. The van der Waals surface area contributed by atoms with E-state index in [1.807, 2.05) is 0 Å². The molecule has 2 aromatic heterocycles. The number of amides is 1. The number of carbonyl (C=O) groups is 1. The van der Waals surface area contributed by atoms with E-state index in [0.29, 0.717) is 11.3 Å². The number of nitrogens with one attached hydrogen (secondary N) is 1. The number of hydrogen-bond donors (Lipinski definition) is 1. The van der Waals surface area contributed by atoms with E-state index in [2.05, 4.69) is 15.4 Å². The van der Waals surface area contributed by atoms with Crippen LogP contribution in [-0.2, 0) is 13.1 Å². The number of pyridine rings is 1. The minimum Gasteiger partial charge on any atom is -0.346 e. The molecule has 0 unspecified atom stereocenters. The lowest BCUT2D eigenvalue weighted by molar-refractivity contribution is 0.0941. The molecule has 0 bridgehead atoms. The maximum atomic E-state index is 13.6. The first-order chi connectivity index (χ1) is 15.5. The van der Waals surface area contributed by atoms with Gasteiger partial charge in [-0.3, -0.25) is 19.1 Å². The van der Waals surface area contributed by atoms with Crippen LogP contribution in [0.3, 0.4) is 0 Å². The van der Waals surface area contributed by atoms with Gasteiger partial charge in [-0.1, -0.05) is 36.4 Å². The van der Waals surface area contributed by atoms with Crippen LogP contribution in [0.5, 0.6) is 0 Å². The first kappa shape index (κ1) is 20.9. The summed E-state index contributed by atoms with van der Waals surface area (Å²) in [7, 11) is 0. The predicted octanol–water partition coefficient (Wildman–Crippen LogP) is 1.91. The Hall–Kier alpha value is -4.40. The molecule has 160 valence electrons. The Bertz CT molecular complexity index is 1370. The molecule has 0 fully saturated rings. The molecule has 8 nitrogen and oxygen atoms in total. The monoisotopic (exact) mass is 431 g/mol. The summed E-state index contributed by atoms with van der Waals surface area (Å²) < 4.78 is 15.5. The minimum absolute atomic E-state index is 0.127. The molecule has 0 radical (unpaired) electrons. The van der Waals surface area contributed by atoms with E-state index in [9.17, 15) is 18.8 Å². The zero-order chi connectivity index (χ0) is 22.5. The van der Waals surface area contributed by atoms with Crippen LogP contribution < -0.4 is 16.6 Å². The van der Waals surface area contributed by atoms with Gasteiger partial charge >= 0.3 is 5.69 Å². The molecule has 0 spiro atoms. The third-order valence-electron chi connectivity index (χ3n) is 4.68. The normalized spacial score (nSPS) is 10.7. The smallest absolute Gasteiger partial charge is 0.346 e. The molecule has 4 rings (SSSR count). The van der Waals surface area contributed by atoms with Crippen LogP contribution in [-0.4, -0.2) is 25.2 Å². The molecule has 9 heteroatoms. The lowest BCUT2D eigenvalue weighted by Crippen LogP contribution is -2.46. The van der Waals surface area contributed by atoms with Crippen LogP contribution in [0, 0.1) is 5.82 Å². The quantitative estimate of drug-likeness (QED) is 0.503. The van der Waals surface area contributed by atoms with Crippen LogP contribution in [0.15, 0.2) is 88.7 Å². The summed E-state index contributed by atoms with van der Waals surface area (Å²) in [4.78, 5) is 42.9. The highest BCUT2D eigenvalue weighted by atomic mass is 19.1. The third-order valence-corrected chi connectivity index (χ3v) is 4.68. The summed E-state index contributed by atoms with van der Waals surface area (Å²) in [5.74, 6) is -1.24. The van der Waals surface area contributed by atoms with E-state index in [1.165, 1.54) is 18.2 Å². The largest absolute Gasteiger partial charge is 0.352 e. The highest BCUT2D eigenvalue weighted by Gasteiger charge is 2.20. The van der Waals surface area contributed by atoms with Gasteiger partial charge in [-0.15, -0.1) is 0 Å². The summed E-state index contributed by atoms with van der Waals surface area (Å²) in [6, 6.07) is 17.5. The van der Waals surface area contributed by atoms with Crippen LogP contribution in [0.2, 0.25) is 0 Å². The number of aromatic nitrogens is 4. The topological polar surface area (TPSA) is 98.9 Å². The van der Waals surface area contributed by atoms with Crippen molar-refractivity contribution in [3.63, 3.8) is 0 Å². The molecule has 32 heavy (non-hydrogen) atoms. The minimum atomic E-state index is -0.866. The van der Waals surface area contributed by atoms with Crippen molar-refractivity contribution < 1.29 is 9.18 Å². The van der Waals surface area contributed by atoms with Gasteiger partial charge in [0.25, 0.3) is 11.5 Å². The number of carbonyl (C=O) groups excluding carboxylic acids is 1. The maximum Gasteiger partial charge on any atom is 0.352 e. The first-order valence-corrected chi connectivity index (χ1v) is 9.74. The van der Waals surface area contributed by atoms with Gasteiger partial charge in [0.2, 0.25) is 5.69 Å². The van der Waals surface area contributed by atoms with Crippen molar-refractivity contribution in [2.45, 2.75) is 13.1 Å². The second kappa shape index (κ2) is 9.17. The molecular formula is C23H18FN5O3. The number of benzene rings is 2.